The molecule has 18 heavy (non-hydrogen) atoms. The average molecular weight is 267 g/mol. The van der Waals surface area contributed by atoms with Crippen molar-refractivity contribution in [2.75, 3.05) is 25.2 Å². The summed E-state index contributed by atoms with van der Waals surface area (Å²) in [5, 5.41) is 13.1. The highest BCUT2D eigenvalue weighted by atomic mass is 32.2. The predicted octanol–water partition coefficient (Wildman–Crippen LogP) is 2.43. The minimum atomic E-state index is 0.206. The van der Waals surface area contributed by atoms with Gasteiger partial charge >= 0.3 is 0 Å². The number of benzene rings is 1. The molecule has 1 atom stereocenters. The lowest BCUT2D eigenvalue weighted by Crippen LogP contribution is -2.35. The van der Waals surface area contributed by atoms with Crippen LogP contribution in [0.2, 0.25) is 0 Å². The van der Waals surface area contributed by atoms with Crippen molar-refractivity contribution in [3.63, 3.8) is 0 Å². The Morgan fingerprint density at radius 3 is 3.11 bits per heavy atom. The molecule has 4 heteroatoms. The molecule has 2 N–H and O–H groups in total. The van der Waals surface area contributed by atoms with Crippen molar-refractivity contribution in [3.05, 3.63) is 23.8 Å². The molecular weight excluding hydrogens is 246 g/mol. The minimum Gasteiger partial charge on any atom is -0.504 e. The molecule has 0 aliphatic carbocycles. The van der Waals surface area contributed by atoms with Crippen molar-refractivity contribution in [1.82, 2.24) is 5.32 Å². The molecule has 1 aromatic carbocycles. The van der Waals surface area contributed by atoms with Crippen LogP contribution >= 0.6 is 11.8 Å². The van der Waals surface area contributed by atoms with Crippen molar-refractivity contribution in [1.29, 1.82) is 0 Å². The molecule has 1 aliphatic heterocycles. The highest BCUT2D eigenvalue weighted by Crippen LogP contribution is 2.26. The Morgan fingerprint density at radius 2 is 2.39 bits per heavy atom. The summed E-state index contributed by atoms with van der Waals surface area (Å²) in [5.74, 6) is 3.31. The molecule has 0 aromatic heterocycles. The second-order valence-electron chi connectivity index (χ2n) is 4.62. The van der Waals surface area contributed by atoms with Gasteiger partial charge in [0.15, 0.2) is 11.5 Å². The van der Waals surface area contributed by atoms with Crippen LogP contribution in [0, 0.1) is 0 Å². The number of aromatic hydroxyl groups is 1. The first-order valence-corrected chi connectivity index (χ1v) is 7.62. The van der Waals surface area contributed by atoms with Crippen LogP contribution in [0.3, 0.4) is 0 Å². The second kappa shape index (κ2) is 6.90. The predicted molar refractivity (Wildman–Crippen MR) is 76.7 cm³/mol. The SMILES string of the molecule is COc1cc(CCNC2CCCSC2)ccc1O. The van der Waals surface area contributed by atoms with Gasteiger partial charge in [0.05, 0.1) is 7.11 Å². The third-order valence-corrected chi connectivity index (χ3v) is 4.47. The number of phenols is 1. The molecule has 100 valence electrons. The van der Waals surface area contributed by atoms with E-state index in [0.717, 1.165) is 13.0 Å². The van der Waals surface area contributed by atoms with Crippen molar-refractivity contribution in [2.24, 2.45) is 0 Å². The third kappa shape index (κ3) is 3.82. The van der Waals surface area contributed by atoms with Crippen LogP contribution in [0.25, 0.3) is 0 Å². The van der Waals surface area contributed by atoms with Crippen molar-refractivity contribution >= 4 is 11.8 Å². The van der Waals surface area contributed by atoms with E-state index in [9.17, 15) is 5.11 Å². The van der Waals surface area contributed by atoms with Crippen LogP contribution in [0.5, 0.6) is 11.5 Å². The molecule has 1 aromatic rings. The zero-order chi connectivity index (χ0) is 12.8. The van der Waals surface area contributed by atoms with E-state index in [1.807, 2.05) is 23.9 Å². The zero-order valence-electron chi connectivity index (χ0n) is 10.8. The molecule has 0 bridgehead atoms. The van der Waals surface area contributed by atoms with Crippen molar-refractivity contribution in [3.8, 4) is 11.5 Å². The number of hydrogen-bond donors (Lipinski definition) is 2. The first kappa shape index (κ1) is 13.6. The Morgan fingerprint density at radius 1 is 1.50 bits per heavy atom. The summed E-state index contributed by atoms with van der Waals surface area (Å²) < 4.78 is 5.11. The van der Waals surface area contributed by atoms with Gasteiger partial charge in [-0.25, -0.2) is 0 Å². The van der Waals surface area contributed by atoms with Crippen LogP contribution in [0.15, 0.2) is 18.2 Å². The highest BCUT2D eigenvalue weighted by Gasteiger charge is 2.12. The maximum atomic E-state index is 9.52. The summed E-state index contributed by atoms with van der Waals surface area (Å²) in [6.07, 6.45) is 3.60. The van der Waals surface area contributed by atoms with Gasteiger partial charge in [0.2, 0.25) is 0 Å². The summed E-state index contributed by atoms with van der Waals surface area (Å²) in [4.78, 5) is 0. The molecule has 1 saturated heterocycles. The Kier molecular flexibility index (Phi) is 5.20. The molecule has 0 spiro atoms. The number of rotatable bonds is 5. The summed E-state index contributed by atoms with van der Waals surface area (Å²) in [7, 11) is 1.58. The topological polar surface area (TPSA) is 41.5 Å². The van der Waals surface area contributed by atoms with Gasteiger partial charge < -0.3 is 15.2 Å². The second-order valence-corrected chi connectivity index (χ2v) is 5.77. The van der Waals surface area contributed by atoms with Gasteiger partial charge in [-0.3, -0.25) is 0 Å². The molecule has 3 nitrogen and oxygen atoms in total. The largest absolute Gasteiger partial charge is 0.504 e. The van der Waals surface area contributed by atoms with E-state index in [1.54, 1.807) is 13.2 Å². The molecule has 1 aliphatic rings. The van der Waals surface area contributed by atoms with E-state index in [-0.39, 0.29) is 5.75 Å². The molecular formula is C14H21NO2S. The number of thioether (sulfide) groups is 1. The van der Waals surface area contributed by atoms with E-state index < -0.39 is 0 Å². The fraction of sp³-hybridized carbons (Fsp3) is 0.571. The molecule has 1 fully saturated rings. The van der Waals surface area contributed by atoms with Crippen molar-refractivity contribution < 1.29 is 9.84 Å². The number of ether oxygens (including phenoxy) is 1. The third-order valence-electron chi connectivity index (χ3n) is 3.25. The number of phenolic OH excluding ortho intramolecular Hbond substituents is 1. The Balaban J connectivity index is 1.79. The van der Waals surface area contributed by atoms with Crippen LogP contribution in [0.4, 0.5) is 0 Å². The maximum Gasteiger partial charge on any atom is 0.160 e. The Bertz CT molecular complexity index is 378. The fourth-order valence-electron chi connectivity index (χ4n) is 2.20. The standard InChI is InChI=1S/C14H21NO2S/c1-17-14-9-11(4-5-13(14)16)6-7-15-12-3-2-8-18-10-12/h4-5,9,12,15-16H,2-3,6-8,10H2,1H3. The monoisotopic (exact) mass is 267 g/mol. The summed E-state index contributed by atoms with van der Waals surface area (Å²) >= 11 is 2.04. The smallest absolute Gasteiger partial charge is 0.160 e. The van der Waals surface area contributed by atoms with Crippen LogP contribution in [-0.2, 0) is 6.42 Å². The van der Waals surface area contributed by atoms with Crippen LogP contribution in [0.1, 0.15) is 18.4 Å². The number of methoxy groups -OCH3 is 1. The van der Waals surface area contributed by atoms with Crippen molar-refractivity contribution in [2.45, 2.75) is 25.3 Å². The minimum absolute atomic E-state index is 0.206. The van der Waals surface area contributed by atoms with Gasteiger partial charge in [0.1, 0.15) is 0 Å². The fourth-order valence-corrected chi connectivity index (χ4v) is 3.31. The maximum absolute atomic E-state index is 9.52. The molecule has 1 heterocycles. The Hall–Kier alpha value is -0.870. The number of hydrogen-bond acceptors (Lipinski definition) is 4. The van der Waals surface area contributed by atoms with Gasteiger partial charge in [0, 0.05) is 11.8 Å². The molecule has 0 saturated carbocycles. The highest BCUT2D eigenvalue weighted by molar-refractivity contribution is 7.99. The summed E-state index contributed by atoms with van der Waals surface area (Å²) in [6, 6.07) is 6.23. The van der Waals surface area contributed by atoms with E-state index in [1.165, 1.54) is 29.9 Å². The first-order chi connectivity index (χ1) is 8.79. The average Bonchev–Trinajstić information content (AvgIpc) is 2.42. The molecule has 2 rings (SSSR count). The Labute approximate surface area is 113 Å². The lowest BCUT2D eigenvalue weighted by atomic mass is 10.1. The van der Waals surface area contributed by atoms with E-state index >= 15 is 0 Å². The quantitative estimate of drug-likeness (QED) is 0.860. The van der Waals surface area contributed by atoms with Crippen LogP contribution < -0.4 is 10.1 Å². The van der Waals surface area contributed by atoms with E-state index in [2.05, 4.69) is 5.32 Å². The summed E-state index contributed by atoms with van der Waals surface area (Å²) in [6.45, 7) is 0.985. The first-order valence-electron chi connectivity index (χ1n) is 6.46. The van der Waals surface area contributed by atoms with Gasteiger partial charge in [-0.2, -0.15) is 11.8 Å². The lowest BCUT2D eigenvalue weighted by Gasteiger charge is -2.22. The lowest BCUT2D eigenvalue weighted by molar-refractivity contribution is 0.373. The molecule has 1 unspecified atom stereocenters. The van der Waals surface area contributed by atoms with Gasteiger partial charge in [-0.15, -0.1) is 0 Å². The molecule has 0 radical (unpaired) electrons. The van der Waals surface area contributed by atoms with E-state index in [4.69, 9.17) is 4.74 Å². The van der Waals surface area contributed by atoms with Gasteiger partial charge in [0.25, 0.3) is 0 Å². The van der Waals surface area contributed by atoms with E-state index in [0.29, 0.717) is 11.8 Å². The normalized spacial score (nSPS) is 19.7. The molecule has 0 amide bonds. The summed E-state index contributed by atoms with van der Waals surface area (Å²) in [5.41, 5.74) is 1.20. The van der Waals surface area contributed by atoms with Gasteiger partial charge in [-0.05, 0) is 49.3 Å². The zero-order valence-corrected chi connectivity index (χ0v) is 11.6. The number of nitrogens with one attached hydrogen (secondary N) is 1. The van der Waals surface area contributed by atoms with Gasteiger partial charge in [-0.1, -0.05) is 6.07 Å². The van der Waals surface area contributed by atoms with Crippen LogP contribution in [-0.4, -0.2) is 36.3 Å².